The topological polar surface area (TPSA) is 65.7 Å². The number of nitrogens with one attached hydrogen (secondary N) is 2. The van der Waals surface area contributed by atoms with Crippen LogP contribution in [-0.2, 0) is 6.42 Å². The van der Waals surface area contributed by atoms with E-state index in [1.54, 1.807) is 12.1 Å². The fraction of sp³-hybridized carbons (Fsp3) is 0.200. The van der Waals surface area contributed by atoms with Gasteiger partial charge in [0, 0.05) is 5.88 Å². The molecular formula is C10H9ClN2O2. The van der Waals surface area contributed by atoms with Crippen LogP contribution in [0.25, 0.3) is 10.9 Å². The van der Waals surface area contributed by atoms with Crippen molar-refractivity contribution in [1.29, 1.82) is 0 Å². The van der Waals surface area contributed by atoms with Crippen LogP contribution in [0.4, 0.5) is 0 Å². The molecule has 1 heterocycles. The Morgan fingerprint density at radius 2 is 2.00 bits per heavy atom. The van der Waals surface area contributed by atoms with Gasteiger partial charge in [-0.1, -0.05) is 6.07 Å². The molecular weight excluding hydrogens is 216 g/mol. The Kier molecular flexibility index (Phi) is 2.60. The summed E-state index contributed by atoms with van der Waals surface area (Å²) in [6.07, 6.45) is 0.704. The smallest absolute Gasteiger partial charge is 0.307 e. The average molecular weight is 225 g/mol. The number of hydrogen-bond acceptors (Lipinski definition) is 2. The maximum absolute atomic E-state index is 11.4. The van der Waals surface area contributed by atoms with Crippen LogP contribution < -0.4 is 11.2 Å². The maximum Gasteiger partial charge on any atom is 0.326 e. The van der Waals surface area contributed by atoms with E-state index in [1.807, 2.05) is 6.07 Å². The number of halogens is 1. The van der Waals surface area contributed by atoms with Gasteiger partial charge in [-0.2, -0.15) is 0 Å². The van der Waals surface area contributed by atoms with Gasteiger partial charge in [-0.15, -0.1) is 11.6 Å². The molecule has 0 amide bonds. The molecule has 2 N–H and O–H groups in total. The Bertz CT molecular complexity index is 600. The van der Waals surface area contributed by atoms with Gasteiger partial charge in [0.05, 0.1) is 10.9 Å². The fourth-order valence-corrected chi connectivity index (χ4v) is 1.70. The Morgan fingerprint density at radius 3 is 2.73 bits per heavy atom. The summed E-state index contributed by atoms with van der Waals surface area (Å²) in [5, 5.41) is 0.484. The van der Waals surface area contributed by atoms with Crippen LogP contribution in [0.5, 0.6) is 0 Å². The second kappa shape index (κ2) is 3.90. The molecule has 15 heavy (non-hydrogen) atoms. The standard InChI is InChI=1S/C10H9ClN2O2/c11-4-3-6-1-2-8-7(5-6)9(14)13-10(15)12-8/h1-2,5H,3-4H2,(H2,12,13,14,15). The molecule has 78 valence electrons. The summed E-state index contributed by atoms with van der Waals surface area (Å²) in [5.41, 5.74) is 0.667. The molecule has 2 aromatic rings. The summed E-state index contributed by atoms with van der Waals surface area (Å²) < 4.78 is 0. The van der Waals surface area contributed by atoms with Gasteiger partial charge in [0.15, 0.2) is 0 Å². The Balaban J connectivity index is 2.71. The fourth-order valence-electron chi connectivity index (χ4n) is 1.48. The van der Waals surface area contributed by atoms with Crippen molar-refractivity contribution < 1.29 is 0 Å². The van der Waals surface area contributed by atoms with E-state index in [0.717, 1.165) is 5.56 Å². The van der Waals surface area contributed by atoms with E-state index >= 15 is 0 Å². The zero-order valence-corrected chi connectivity index (χ0v) is 8.60. The van der Waals surface area contributed by atoms with E-state index in [0.29, 0.717) is 23.2 Å². The lowest BCUT2D eigenvalue weighted by Crippen LogP contribution is -2.21. The summed E-state index contributed by atoms with van der Waals surface area (Å²) in [5.74, 6) is 0.507. The first kappa shape index (κ1) is 9.98. The summed E-state index contributed by atoms with van der Waals surface area (Å²) in [7, 11) is 0. The van der Waals surface area contributed by atoms with Crippen LogP contribution in [0.2, 0.25) is 0 Å². The van der Waals surface area contributed by atoms with Crippen molar-refractivity contribution in [3.05, 3.63) is 44.6 Å². The minimum atomic E-state index is -0.488. The van der Waals surface area contributed by atoms with E-state index < -0.39 is 5.69 Å². The zero-order chi connectivity index (χ0) is 10.8. The van der Waals surface area contributed by atoms with Crippen LogP contribution in [-0.4, -0.2) is 15.8 Å². The highest BCUT2D eigenvalue weighted by Gasteiger charge is 2.01. The summed E-state index contributed by atoms with van der Waals surface area (Å²) in [6.45, 7) is 0. The second-order valence-corrected chi connectivity index (χ2v) is 3.61. The number of H-pyrrole nitrogens is 2. The predicted octanol–water partition coefficient (Wildman–Crippen LogP) is 0.998. The Labute approximate surface area is 89.9 Å². The monoisotopic (exact) mass is 224 g/mol. The second-order valence-electron chi connectivity index (χ2n) is 3.23. The SMILES string of the molecule is O=c1[nH]c(=O)c2cc(CCCl)ccc2[nH]1. The molecule has 0 radical (unpaired) electrons. The van der Waals surface area contributed by atoms with Gasteiger partial charge < -0.3 is 4.98 Å². The molecule has 0 unspecified atom stereocenters. The Hall–Kier alpha value is -1.55. The molecule has 0 aliphatic heterocycles. The average Bonchev–Trinajstić information content (AvgIpc) is 2.19. The maximum atomic E-state index is 11.4. The molecule has 0 fully saturated rings. The summed E-state index contributed by atoms with van der Waals surface area (Å²) in [4.78, 5) is 27.2. The molecule has 0 aliphatic carbocycles. The lowest BCUT2D eigenvalue weighted by atomic mass is 10.1. The number of aromatic nitrogens is 2. The van der Waals surface area contributed by atoms with Gasteiger partial charge >= 0.3 is 5.69 Å². The molecule has 4 nitrogen and oxygen atoms in total. The van der Waals surface area contributed by atoms with Gasteiger partial charge in [-0.25, -0.2) is 4.79 Å². The first-order valence-corrected chi connectivity index (χ1v) is 5.05. The number of fused-ring (bicyclic) bond motifs is 1. The van der Waals surface area contributed by atoms with E-state index in [2.05, 4.69) is 9.97 Å². The van der Waals surface area contributed by atoms with Crippen LogP contribution in [0.1, 0.15) is 5.56 Å². The highest BCUT2D eigenvalue weighted by atomic mass is 35.5. The number of rotatable bonds is 2. The molecule has 1 aromatic heterocycles. The van der Waals surface area contributed by atoms with Crippen LogP contribution in [0.3, 0.4) is 0 Å². The molecule has 0 saturated heterocycles. The van der Waals surface area contributed by atoms with Crippen molar-refractivity contribution in [2.45, 2.75) is 6.42 Å². The van der Waals surface area contributed by atoms with Crippen molar-refractivity contribution >= 4 is 22.5 Å². The van der Waals surface area contributed by atoms with E-state index in [1.165, 1.54) is 0 Å². The zero-order valence-electron chi connectivity index (χ0n) is 7.84. The third-order valence-electron chi connectivity index (χ3n) is 2.19. The molecule has 0 atom stereocenters. The molecule has 0 saturated carbocycles. The molecule has 5 heteroatoms. The number of hydrogen-bond donors (Lipinski definition) is 2. The largest absolute Gasteiger partial charge is 0.326 e. The van der Waals surface area contributed by atoms with E-state index in [9.17, 15) is 9.59 Å². The lowest BCUT2D eigenvalue weighted by molar-refractivity contribution is 1.07. The normalized spacial score (nSPS) is 10.7. The molecule has 0 bridgehead atoms. The third-order valence-corrected chi connectivity index (χ3v) is 2.38. The quantitative estimate of drug-likeness (QED) is 0.748. The van der Waals surface area contributed by atoms with Crippen molar-refractivity contribution in [2.24, 2.45) is 0 Å². The predicted molar refractivity (Wildman–Crippen MR) is 59.6 cm³/mol. The van der Waals surface area contributed by atoms with Crippen molar-refractivity contribution in [3.8, 4) is 0 Å². The highest BCUT2D eigenvalue weighted by molar-refractivity contribution is 6.18. The van der Waals surface area contributed by atoms with Crippen molar-refractivity contribution in [2.75, 3.05) is 5.88 Å². The molecule has 1 aromatic carbocycles. The van der Waals surface area contributed by atoms with E-state index in [-0.39, 0.29) is 5.56 Å². The van der Waals surface area contributed by atoms with Crippen LogP contribution in [0.15, 0.2) is 27.8 Å². The lowest BCUT2D eigenvalue weighted by Gasteiger charge is -2.00. The summed E-state index contributed by atoms with van der Waals surface area (Å²) >= 11 is 5.61. The van der Waals surface area contributed by atoms with Crippen LogP contribution >= 0.6 is 11.6 Å². The van der Waals surface area contributed by atoms with Gasteiger partial charge in [-0.05, 0) is 24.1 Å². The first-order valence-electron chi connectivity index (χ1n) is 4.52. The van der Waals surface area contributed by atoms with Gasteiger partial charge in [0.25, 0.3) is 5.56 Å². The van der Waals surface area contributed by atoms with Gasteiger partial charge in [-0.3, -0.25) is 9.78 Å². The van der Waals surface area contributed by atoms with Gasteiger partial charge in [0.1, 0.15) is 0 Å². The minimum Gasteiger partial charge on any atom is -0.307 e. The van der Waals surface area contributed by atoms with Gasteiger partial charge in [0.2, 0.25) is 0 Å². The minimum absolute atomic E-state index is 0.370. The molecule has 0 aliphatic rings. The highest BCUT2D eigenvalue weighted by Crippen LogP contribution is 2.09. The molecule has 0 spiro atoms. The van der Waals surface area contributed by atoms with Crippen molar-refractivity contribution in [3.63, 3.8) is 0 Å². The van der Waals surface area contributed by atoms with Crippen molar-refractivity contribution in [1.82, 2.24) is 9.97 Å². The number of aromatic amines is 2. The summed E-state index contributed by atoms with van der Waals surface area (Å²) in [6, 6.07) is 5.31. The third kappa shape index (κ3) is 1.94. The number of benzene rings is 1. The number of alkyl halides is 1. The molecule has 2 rings (SSSR count). The van der Waals surface area contributed by atoms with Crippen LogP contribution in [0, 0.1) is 0 Å². The first-order chi connectivity index (χ1) is 7.20. The van der Waals surface area contributed by atoms with E-state index in [4.69, 9.17) is 11.6 Å². The number of aryl methyl sites for hydroxylation is 1. The Morgan fingerprint density at radius 1 is 1.20 bits per heavy atom.